The van der Waals surface area contributed by atoms with Crippen LogP contribution >= 0.6 is 11.8 Å². The summed E-state index contributed by atoms with van der Waals surface area (Å²) in [6, 6.07) is 12.2. The number of para-hydroxylation sites is 1. The van der Waals surface area contributed by atoms with Crippen LogP contribution in [-0.4, -0.2) is 45.6 Å². The molecule has 0 spiro atoms. The second-order valence-electron chi connectivity index (χ2n) is 8.85. The van der Waals surface area contributed by atoms with Crippen molar-refractivity contribution in [1.82, 2.24) is 14.8 Å². The van der Waals surface area contributed by atoms with Crippen LogP contribution in [0.1, 0.15) is 38.0 Å². The Kier molecular flexibility index (Phi) is 5.95. The summed E-state index contributed by atoms with van der Waals surface area (Å²) in [6.07, 6.45) is 4.89. The third-order valence-corrected chi connectivity index (χ3v) is 7.41. The highest BCUT2D eigenvalue weighted by molar-refractivity contribution is 7.99. The van der Waals surface area contributed by atoms with Crippen molar-refractivity contribution in [2.75, 3.05) is 28.6 Å². The maximum atomic E-state index is 13.2. The van der Waals surface area contributed by atoms with Gasteiger partial charge < -0.3 is 14.2 Å². The van der Waals surface area contributed by atoms with Gasteiger partial charge in [0.1, 0.15) is 5.76 Å². The van der Waals surface area contributed by atoms with E-state index in [2.05, 4.69) is 39.6 Å². The van der Waals surface area contributed by atoms with E-state index < -0.39 is 0 Å². The van der Waals surface area contributed by atoms with Gasteiger partial charge in [-0.25, -0.2) is 0 Å². The Morgan fingerprint density at radius 2 is 1.94 bits per heavy atom. The molecule has 32 heavy (non-hydrogen) atoms. The SMILES string of the molecule is CC1CCN(c2nnc(SCC(=O)N3c4ccccc4C[C@H]3C)n2Cc2ccco2)CC1. The molecule has 1 fully saturated rings. The van der Waals surface area contributed by atoms with Crippen LogP contribution in [0.2, 0.25) is 0 Å². The molecule has 0 saturated carbocycles. The third kappa shape index (κ3) is 4.16. The van der Waals surface area contributed by atoms with Crippen molar-refractivity contribution in [3.63, 3.8) is 0 Å². The van der Waals surface area contributed by atoms with E-state index >= 15 is 0 Å². The summed E-state index contributed by atoms with van der Waals surface area (Å²) >= 11 is 1.46. The Morgan fingerprint density at radius 3 is 2.72 bits per heavy atom. The lowest BCUT2D eigenvalue weighted by molar-refractivity contribution is -0.116. The second-order valence-corrected chi connectivity index (χ2v) is 9.79. The Hall–Kier alpha value is -2.74. The number of nitrogens with zero attached hydrogens (tertiary/aromatic N) is 5. The van der Waals surface area contributed by atoms with Gasteiger partial charge in [0.25, 0.3) is 0 Å². The number of carbonyl (C=O) groups is 1. The smallest absolute Gasteiger partial charge is 0.237 e. The van der Waals surface area contributed by atoms with Crippen LogP contribution in [0.3, 0.4) is 0 Å². The van der Waals surface area contributed by atoms with Crippen LogP contribution in [-0.2, 0) is 17.8 Å². The monoisotopic (exact) mass is 451 g/mol. The van der Waals surface area contributed by atoms with Gasteiger partial charge >= 0.3 is 0 Å². The lowest BCUT2D eigenvalue weighted by Gasteiger charge is -2.31. The van der Waals surface area contributed by atoms with Crippen molar-refractivity contribution in [2.24, 2.45) is 5.92 Å². The molecule has 0 N–H and O–H groups in total. The summed E-state index contributed by atoms with van der Waals surface area (Å²) in [5.74, 6) is 2.89. The minimum Gasteiger partial charge on any atom is -0.467 e. The molecule has 4 heterocycles. The molecule has 3 aromatic rings. The third-order valence-electron chi connectivity index (χ3n) is 6.46. The number of furan rings is 1. The van der Waals surface area contributed by atoms with Gasteiger partial charge in [-0.15, -0.1) is 10.2 Å². The molecule has 1 aromatic carbocycles. The molecule has 0 radical (unpaired) electrons. The van der Waals surface area contributed by atoms with Gasteiger partial charge in [-0.05, 0) is 55.9 Å². The standard InChI is InChI=1S/C24H29N5O2S/c1-17-9-11-27(12-10-17)23-25-26-24(28(23)15-20-7-5-13-31-20)32-16-22(30)29-18(2)14-19-6-3-4-8-21(19)29/h3-8,13,17-18H,9-12,14-16H2,1-2H3/t18-/m1/s1. The maximum absolute atomic E-state index is 13.2. The number of hydrogen-bond acceptors (Lipinski definition) is 6. The molecule has 7 nitrogen and oxygen atoms in total. The predicted octanol–water partition coefficient (Wildman–Crippen LogP) is 4.23. The minimum absolute atomic E-state index is 0.105. The van der Waals surface area contributed by atoms with E-state index in [1.54, 1.807) is 6.26 Å². The highest BCUT2D eigenvalue weighted by Crippen LogP contribution is 2.33. The molecule has 0 bridgehead atoms. The predicted molar refractivity (Wildman–Crippen MR) is 126 cm³/mol. The summed E-state index contributed by atoms with van der Waals surface area (Å²) < 4.78 is 7.69. The first-order chi connectivity index (χ1) is 15.6. The number of aromatic nitrogens is 3. The summed E-state index contributed by atoms with van der Waals surface area (Å²) in [6.45, 7) is 6.92. The van der Waals surface area contributed by atoms with Crippen LogP contribution in [0.15, 0.2) is 52.2 Å². The van der Waals surface area contributed by atoms with Gasteiger partial charge in [-0.1, -0.05) is 36.9 Å². The van der Waals surface area contributed by atoms with Crippen molar-refractivity contribution < 1.29 is 9.21 Å². The first-order valence-electron chi connectivity index (χ1n) is 11.3. The quantitative estimate of drug-likeness (QED) is 0.523. The van der Waals surface area contributed by atoms with E-state index in [0.717, 1.165) is 60.8 Å². The van der Waals surface area contributed by atoms with Crippen LogP contribution in [0.25, 0.3) is 0 Å². The lowest BCUT2D eigenvalue weighted by atomic mass is 10.00. The number of carbonyl (C=O) groups excluding carboxylic acids is 1. The summed E-state index contributed by atoms with van der Waals surface area (Å²) in [7, 11) is 0. The lowest BCUT2D eigenvalue weighted by Crippen LogP contribution is -2.37. The highest BCUT2D eigenvalue weighted by atomic mass is 32.2. The Balaban J connectivity index is 1.34. The maximum Gasteiger partial charge on any atom is 0.237 e. The summed E-state index contributed by atoms with van der Waals surface area (Å²) in [4.78, 5) is 17.4. The molecule has 8 heteroatoms. The van der Waals surface area contributed by atoms with Gasteiger partial charge in [0, 0.05) is 24.8 Å². The topological polar surface area (TPSA) is 67.4 Å². The largest absolute Gasteiger partial charge is 0.467 e. The first kappa shape index (κ1) is 21.1. The fourth-order valence-corrected chi connectivity index (χ4v) is 5.46. The zero-order chi connectivity index (χ0) is 22.1. The van der Waals surface area contributed by atoms with Gasteiger partial charge in [0.05, 0.1) is 18.6 Å². The fraction of sp³-hybridized carbons (Fsp3) is 0.458. The first-order valence-corrected chi connectivity index (χ1v) is 12.3. The van der Waals surface area contributed by atoms with E-state index in [9.17, 15) is 4.79 Å². The van der Waals surface area contributed by atoms with Gasteiger partial charge in [-0.3, -0.25) is 9.36 Å². The van der Waals surface area contributed by atoms with Crippen LogP contribution < -0.4 is 9.80 Å². The average Bonchev–Trinajstić information content (AvgIpc) is 3.52. The number of fused-ring (bicyclic) bond motifs is 1. The molecule has 2 aromatic heterocycles. The molecule has 168 valence electrons. The van der Waals surface area contributed by atoms with Gasteiger partial charge in [-0.2, -0.15) is 0 Å². The van der Waals surface area contributed by atoms with Crippen molar-refractivity contribution in [1.29, 1.82) is 0 Å². The molecule has 5 rings (SSSR count). The molecule has 1 atom stereocenters. The van der Waals surface area contributed by atoms with E-state index in [1.165, 1.54) is 17.3 Å². The Bertz CT molecular complexity index is 1070. The molecular weight excluding hydrogens is 422 g/mol. The van der Waals surface area contributed by atoms with Gasteiger partial charge in [0.15, 0.2) is 5.16 Å². The average molecular weight is 452 g/mol. The molecule has 1 amide bonds. The number of anilines is 2. The number of thioether (sulfide) groups is 1. The number of rotatable bonds is 6. The zero-order valence-corrected chi connectivity index (χ0v) is 19.4. The van der Waals surface area contributed by atoms with Crippen LogP contribution in [0, 0.1) is 5.92 Å². The van der Waals surface area contributed by atoms with Crippen molar-refractivity contribution in [3.8, 4) is 0 Å². The zero-order valence-electron chi connectivity index (χ0n) is 18.6. The molecule has 0 unspecified atom stereocenters. The van der Waals surface area contributed by atoms with E-state index in [1.807, 2.05) is 35.2 Å². The van der Waals surface area contributed by atoms with Crippen molar-refractivity contribution >= 4 is 29.3 Å². The highest BCUT2D eigenvalue weighted by Gasteiger charge is 2.31. The molecule has 2 aliphatic rings. The number of benzene rings is 1. The normalized spacial score (nSPS) is 18.9. The van der Waals surface area contributed by atoms with E-state index in [-0.39, 0.29) is 11.9 Å². The number of hydrogen-bond donors (Lipinski definition) is 0. The van der Waals surface area contributed by atoms with Crippen molar-refractivity contribution in [2.45, 2.75) is 50.9 Å². The molecule has 2 aliphatic heterocycles. The van der Waals surface area contributed by atoms with E-state index in [0.29, 0.717) is 12.3 Å². The molecule has 0 aliphatic carbocycles. The fourth-order valence-electron chi connectivity index (χ4n) is 4.67. The number of amides is 1. The van der Waals surface area contributed by atoms with Crippen LogP contribution in [0.5, 0.6) is 0 Å². The Labute approximate surface area is 192 Å². The summed E-state index contributed by atoms with van der Waals surface area (Å²) in [5.41, 5.74) is 2.27. The number of piperidine rings is 1. The van der Waals surface area contributed by atoms with Gasteiger partial charge in [0.2, 0.25) is 11.9 Å². The minimum atomic E-state index is 0.105. The molecular formula is C24H29N5O2S. The second kappa shape index (κ2) is 9.02. The van der Waals surface area contributed by atoms with Crippen LogP contribution in [0.4, 0.5) is 11.6 Å². The molecule has 1 saturated heterocycles. The summed E-state index contributed by atoms with van der Waals surface area (Å²) in [5, 5.41) is 9.75. The van der Waals surface area contributed by atoms with Crippen molar-refractivity contribution in [3.05, 3.63) is 54.0 Å². The Morgan fingerprint density at radius 1 is 1.12 bits per heavy atom. The van der Waals surface area contributed by atoms with E-state index in [4.69, 9.17) is 4.42 Å².